The van der Waals surface area contributed by atoms with Crippen LogP contribution >= 0.6 is 0 Å². The summed E-state index contributed by atoms with van der Waals surface area (Å²) < 4.78 is 0. The quantitative estimate of drug-likeness (QED) is 0.298. The number of hydrogen-bond donors (Lipinski definition) is 0. The van der Waals surface area contributed by atoms with Crippen molar-refractivity contribution in [2.75, 3.05) is 0 Å². The Balaban J connectivity index is 0. The van der Waals surface area contributed by atoms with Gasteiger partial charge in [0, 0.05) is 0 Å². The molecule has 0 amide bonds. The van der Waals surface area contributed by atoms with Crippen LogP contribution in [-0.4, -0.2) is 0 Å². The van der Waals surface area contributed by atoms with E-state index in [1.54, 1.807) is 0 Å². The van der Waals surface area contributed by atoms with Gasteiger partial charge in [0.1, 0.15) is 0 Å². The van der Waals surface area contributed by atoms with E-state index in [1.807, 2.05) is 0 Å². The van der Waals surface area contributed by atoms with E-state index in [1.165, 1.54) is 27.8 Å². The van der Waals surface area contributed by atoms with Crippen LogP contribution in [0.1, 0.15) is 62.4 Å². The summed E-state index contributed by atoms with van der Waals surface area (Å²) in [6.45, 7) is 22.6. The van der Waals surface area contributed by atoms with Gasteiger partial charge in [-0.3, -0.25) is 0 Å². The first-order valence-electron chi connectivity index (χ1n) is 8.89. The van der Waals surface area contributed by atoms with E-state index in [0.29, 0.717) is 0 Å². The first-order valence-corrected chi connectivity index (χ1v) is 8.89. The number of rotatable bonds is 0. The predicted molar refractivity (Wildman–Crippen MR) is 105 cm³/mol. The molecule has 4 unspecified atom stereocenters. The van der Waals surface area contributed by atoms with Crippen molar-refractivity contribution < 1.29 is 0 Å². The van der Waals surface area contributed by atoms with Crippen LogP contribution in [0.3, 0.4) is 0 Å². The maximum atomic E-state index is 3.35. The zero-order chi connectivity index (χ0) is 17.2. The fraction of sp³-hybridized carbons (Fsp3) is 0.652. The molecule has 0 aromatic heterocycles. The second-order valence-electron chi connectivity index (χ2n) is 7.74. The molecule has 1 fully saturated rings. The van der Waals surface area contributed by atoms with Gasteiger partial charge in [0.25, 0.3) is 0 Å². The maximum absolute atomic E-state index is 3.35. The molecule has 0 aliphatic heterocycles. The summed E-state index contributed by atoms with van der Waals surface area (Å²) >= 11 is 0. The maximum Gasteiger partial charge on any atom is 0 e. The zero-order valence-corrected chi connectivity index (χ0v) is 20.2. The smallest absolute Gasteiger partial charge is 0 e. The Kier molecular flexibility index (Phi) is 9.69. The van der Waals surface area contributed by atoms with Crippen molar-refractivity contribution >= 4 is 0 Å². The topological polar surface area (TPSA) is 0 Å². The Labute approximate surface area is 147 Å². The van der Waals surface area contributed by atoms with Crippen molar-refractivity contribution in [1.82, 2.24) is 0 Å². The third kappa shape index (κ3) is 5.11. The molecule has 1 aromatic carbocycles. The molecule has 1 saturated carbocycles. The van der Waals surface area contributed by atoms with E-state index in [0.717, 1.165) is 29.6 Å². The summed E-state index contributed by atoms with van der Waals surface area (Å²) in [7, 11) is 0. The minimum atomic E-state index is 0. The van der Waals surface area contributed by atoms with Gasteiger partial charge in [-0.1, -0.05) is 81.1 Å². The molecule has 0 radical (unpaired) electrons. The molecule has 1 heteroatoms. The van der Waals surface area contributed by atoms with E-state index in [9.17, 15) is 0 Å². The average molecular weight is 573 g/mol. The van der Waals surface area contributed by atoms with Gasteiger partial charge in [-0.15, -0.1) is 0 Å². The molecule has 146 valence electrons. The molecule has 0 nitrogen and oxygen atoms in total. The van der Waals surface area contributed by atoms with Crippen LogP contribution in [0.4, 0.5) is 0 Å². The molecular formula is C23H39Fm-3. The molecule has 0 heterocycles. The first kappa shape index (κ1) is 24.5. The van der Waals surface area contributed by atoms with Gasteiger partial charge < -0.3 is 13.8 Å². The molecule has 2 rings (SSSR count). The van der Waals surface area contributed by atoms with E-state index in [4.69, 9.17) is 0 Å². The van der Waals surface area contributed by atoms with E-state index >= 15 is 0 Å². The number of benzene rings is 1. The monoisotopic (exact) mass is 572 g/mol. The summed E-state index contributed by atoms with van der Waals surface area (Å²) in [4.78, 5) is 0. The second kappa shape index (κ2) is 9.50. The third-order valence-electron chi connectivity index (χ3n) is 6.55. The van der Waals surface area contributed by atoms with Gasteiger partial charge in [-0.05, 0) is 5.92 Å². The Morgan fingerprint density at radius 3 is 1.29 bits per heavy atom. The van der Waals surface area contributed by atoms with Crippen LogP contribution < -0.4 is 0 Å². The molecule has 0 spiro atoms. The van der Waals surface area contributed by atoms with Gasteiger partial charge in [-0.2, -0.15) is 45.7 Å². The molecule has 24 heavy (non-hydrogen) atoms. The second-order valence-corrected chi connectivity index (χ2v) is 7.74. The van der Waals surface area contributed by atoms with Crippen LogP contribution in [0.5, 0.6) is 0 Å². The Hall–Kier alpha value is -1.78. The standard InChI is InChI=1S/C11H21.C11H15.CH3.Fm/c2*1-7-6-8(2)10(4)11(5)9(7)3;;/h6-11H,1-5H3;1-5H3;1H3;/q3*-1;. The third-order valence-corrected chi connectivity index (χ3v) is 6.55. The summed E-state index contributed by atoms with van der Waals surface area (Å²) in [5.41, 5.74) is 6.75. The molecule has 0 saturated heterocycles. The summed E-state index contributed by atoms with van der Waals surface area (Å²) in [6.07, 6.45) is 2.52. The number of aryl methyl sites for hydroxylation is 2. The van der Waals surface area contributed by atoms with E-state index in [-0.39, 0.29) is 7.43 Å². The first-order chi connectivity index (χ1) is 10.1. The fourth-order valence-corrected chi connectivity index (χ4v) is 3.58. The van der Waals surface area contributed by atoms with Gasteiger partial charge in [-0.25, -0.2) is 0 Å². The Morgan fingerprint density at radius 1 is 0.625 bits per heavy atom. The minimum Gasteiger partial charge on any atom is -0.358 e. The van der Waals surface area contributed by atoms with E-state index < -0.39 is 0 Å². The fourth-order valence-electron chi connectivity index (χ4n) is 3.58. The van der Waals surface area contributed by atoms with Gasteiger partial charge in [0.15, 0.2) is 0 Å². The van der Waals surface area contributed by atoms with Crippen LogP contribution in [-0.2, 0) is 0 Å². The van der Waals surface area contributed by atoms with Crippen LogP contribution in [0.2, 0.25) is 0 Å². The van der Waals surface area contributed by atoms with Crippen molar-refractivity contribution in [3.8, 4) is 0 Å². The average Bonchev–Trinajstić information content (AvgIpc) is 2.47. The normalized spacial score (nSPS) is 28.8. The van der Waals surface area contributed by atoms with Gasteiger partial charge >= 0.3 is 0 Å². The van der Waals surface area contributed by atoms with Gasteiger partial charge in [0.05, 0.1) is 0 Å². The predicted octanol–water partition coefficient (Wildman–Crippen LogP) is 6.86. The molecule has 1 aliphatic carbocycles. The summed E-state index contributed by atoms with van der Waals surface area (Å²) in [5.74, 6) is 4.28. The van der Waals surface area contributed by atoms with Gasteiger partial charge in [0.2, 0.25) is 0 Å². The van der Waals surface area contributed by atoms with Crippen LogP contribution in [0.15, 0.2) is 0 Å². The number of hydrogen-bond acceptors (Lipinski definition) is 0. The van der Waals surface area contributed by atoms with Crippen LogP contribution in [0.25, 0.3) is 0 Å². The van der Waals surface area contributed by atoms with Crippen molar-refractivity contribution in [3.05, 3.63) is 47.7 Å². The largest absolute Gasteiger partial charge is 0.358 e. The Bertz CT molecular complexity index is 463. The summed E-state index contributed by atoms with van der Waals surface area (Å²) in [6, 6.07) is 3.35. The molecule has 0 N–H and O–H groups in total. The van der Waals surface area contributed by atoms with Crippen molar-refractivity contribution in [2.45, 2.75) is 69.2 Å². The van der Waals surface area contributed by atoms with Crippen molar-refractivity contribution in [1.29, 1.82) is 0 Å². The van der Waals surface area contributed by atoms with Crippen LogP contribution in [0, 0.1) is 84.1 Å². The molecular weight excluding hydrogens is 533 g/mol. The van der Waals surface area contributed by atoms with E-state index in [2.05, 4.69) is 81.7 Å². The molecule has 1 aliphatic rings. The summed E-state index contributed by atoms with van der Waals surface area (Å²) in [5, 5.41) is 0. The minimum absolute atomic E-state index is 0. The van der Waals surface area contributed by atoms with Crippen molar-refractivity contribution in [3.63, 3.8) is 0 Å². The molecule has 0 bridgehead atoms. The Morgan fingerprint density at radius 2 is 0.958 bits per heavy atom. The molecule has 1 aromatic rings. The zero-order valence-electron chi connectivity index (χ0n) is 17.8. The van der Waals surface area contributed by atoms with Crippen molar-refractivity contribution in [2.24, 2.45) is 29.6 Å². The SMILES string of the molecule is CC1[CH-]C(C)C(C)C(C)C1C.Cc1[c-]c(C)c(C)c(C)c1C.[CH3-].[Fm]. The molecule has 4 atom stereocenters.